The van der Waals surface area contributed by atoms with Gasteiger partial charge in [-0.2, -0.15) is 0 Å². The molecule has 104 valence electrons. The molecule has 0 aliphatic heterocycles. The van der Waals surface area contributed by atoms with E-state index < -0.39 is 4.92 Å². The summed E-state index contributed by atoms with van der Waals surface area (Å²) in [5.74, 6) is 0.739. The zero-order valence-electron chi connectivity index (χ0n) is 10.8. The zero-order valence-corrected chi connectivity index (χ0v) is 12.4. The Balaban J connectivity index is 2.09. The van der Waals surface area contributed by atoms with Gasteiger partial charge in [0.05, 0.1) is 4.92 Å². The lowest BCUT2D eigenvalue weighted by atomic mass is 10.2. The van der Waals surface area contributed by atoms with Crippen molar-refractivity contribution < 1.29 is 9.66 Å². The van der Waals surface area contributed by atoms with E-state index in [0.717, 1.165) is 21.3 Å². The third-order valence-electron chi connectivity index (χ3n) is 2.82. The van der Waals surface area contributed by atoms with Crippen LogP contribution in [0, 0.1) is 17.0 Å². The van der Waals surface area contributed by atoms with Crippen LogP contribution in [0.2, 0.25) is 0 Å². The fourth-order valence-corrected chi connectivity index (χ4v) is 1.98. The first-order valence-corrected chi connectivity index (χ1v) is 6.68. The SMILES string of the molecule is Cc1cc(OCc2ccc([N+](=O)[O-])c(N)c2)ccc1Br. The largest absolute Gasteiger partial charge is 0.489 e. The number of anilines is 1. The molecule has 2 N–H and O–H groups in total. The third kappa shape index (κ3) is 3.27. The first-order valence-electron chi connectivity index (χ1n) is 5.89. The summed E-state index contributed by atoms with van der Waals surface area (Å²) in [4.78, 5) is 10.2. The maximum Gasteiger partial charge on any atom is 0.292 e. The van der Waals surface area contributed by atoms with Gasteiger partial charge in [0.1, 0.15) is 18.0 Å². The molecule has 2 rings (SSSR count). The molecule has 2 aromatic carbocycles. The molecule has 0 aliphatic rings. The van der Waals surface area contributed by atoms with Gasteiger partial charge in [0.15, 0.2) is 0 Å². The molecule has 0 bridgehead atoms. The Morgan fingerprint density at radius 3 is 2.65 bits per heavy atom. The number of nitrogen functional groups attached to an aromatic ring is 1. The highest BCUT2D eigenvalue weighted by molar-refractivity contribution is 9.10. The van der Waals surface area contributed by atoms with Gasteiger partial charge in [0.25, 0.3) is 5.69 Å². The Hall–Kier alpha value is -2.08. The fourth-order valence-electron chi connectivity index (χ4n) is 1.73. The number of nitrogens with zero attached hydrogens (tertiary/aromatic N) is 1. The van der Waals surface area contributed by atoms with Crippen LogP contribution in [0.25, 0.3) is 0 Å². The summed E-state index contributed by atoms with van der Waals surface area (Å²) in [6, 6.07) is 10.3. The van der Waals surface area contributed by atoms with Crippen LogP contribution in [0.3, 0.4) is 0 Å². The van der Waals surface area contributed by atoms with Crippen LogP contribution in [-0.2, 0) is 6.61 Å². The van der Waals surface area contributed by atoms with Crippen molar-refractivity contribution in [1.29, 1.82) is 0 Å². The molecule has 0 saturated carbocycles. The number of nitro benzene ring substituents is 1. The second kappa shape index (κ2) is 5.92. The Kier molecular flexibility index (Phi) is 4.24. The quantitative estimate of drug-likeness (QED) is 0.522. The Bertz CT molecular complexity index is 659. The average molecular weight is 337 g/mol. The van der Waals surface area contributed by atoms with Crippen molar-refractivity contribution in [3.8, 4) is 5.75 Å². The molecule has 0 aromatic heterocycles. The van der Waals surface area contributed by atoms with Crippen molar-refractivity contribution >= 4 is 27.3 Å². The van der Waals surface area contributed by atoms with Crippen molar-refractivity contribution in [2.75, 3.05) is 5.73 Å². The predicted octanol–water partition coefficient (Wildman–Crippen LogP) is 3.83. The first-order chi connectivity index (χ1) is 9.47. The molecule has 5 nitrogen and oxygen atoms in total. The summed E-state index contributed by atoms with van der Waals surface area (Å²) >= 11 is 3.42. The van der Waals surface area contributed by atoms with Gasteiger partial charge < -0.3 is 10.5 Å². The number of halogens is 1. The molecule has 0 unspecified atom stereocenters. The summed E-state index contributed by atoms with van der Waals surface area (Å²) in [6.45, 7) is 2.28. The summed E-state index contributed by atoms with van der Waals surface area (Å²) < 4.78 is 6.65. The normalized spacial score (nSPS) is 10.3. The molecule has 0 atom stereocenters. The highest BCUT2D eigenvalue weighted by atomic mass is 79.9. The van der Waals surface area contributed by atoms with Gasteiger partial charge in [-0.05, 0) is 48.4 Å². The van der Waals surface area contributed by atoms with Crippen LogP contribution >= 0.6 is 15.9 Å². The van der Waals surface area contributed by atoms with Crippen molar-refractivity contribution in [3.05, 3.63) is 62.1 Å². The van der Waals surface area contributed by atoms with Gasteiger partial charge in [0, 0.05) is 10.5 Å². The molecule has 0 heterocycles. The van der Waals surface area contributed by atoms with Gasteiger partial charge >= 0.3 is 0 Å². The monoisotopic (exact) mass is 336 g/mol. The van der Waals surface area contributed by atoms with Gasteiger partial charge in [-0.1, -0.05) is 15.9 Å². The van der Waals surface area contributed by atoms with E-state index in [-0.39, 0.29) is 11.4 Å². The van der Waals surface area contributed by atoms with Crippen LogP contribution in [-0.4, -0.2) is 4.92 Å². The number of nitro groups is 1. The molecule has 0 spiro atoms. The summed E-state index contributed by atoms with van der Waals surface area (Å²) in [6.07, 6.45) is 0. The molecule has 0 saturated heterocycles. The predicted molar refractivity (Wildman–Crippen MR) is 80.7 cm³/mol. The van der Waals surface area contributed by atoms with Gasteiger partial charge in [-0.3, -0.25) is 10.1 Å². The van der Waals surface area contributed by atoms with Crippen LogP contribution < -0.4 is 10.5 Å². The molecule has 0 aliphatic carbocycles. The lowest BCUT2D eigenvalue weighted by Crippen LogP contribution is -2.00. The Morgan fingerprint density at radius 1 is 1.30 bits per heavy atom. The van der Waals surface area contributed by atoms with Crippen LogP contribution in [0.4, 0.5) is 11.4 Å². The third-order valence-corrected chi connectivity index (χ3v) is 3.71. The lowest BCUT2D eigenvalue weighted by molar-refractivity contribution is -0.383. The molecular formula is C14H13BrN2O3. The van der Waals surface area contributed by atoms with Gasteiger partial charge in [0.2, 0.25) is 0 Å². The smallest absolute Gasteiger partial charge is 0.292 e. The highest BCUT2D eigenvalue weighted by Crippen LogP contribution is 2.24. The second-order valence-corrected chi connectivity index (χ2v) is 5.20. The minimum absolute atomic E-state index is 0.0896. The van der Waals surface area contributed by atoms with E-state index in [0.29, 0.717) is 6.61 Å². The van der Waals surface area contributed by atoms with Gasteiger partial charge in [-0.25, -0.2) is 0 Å². The van der Waals surface area contributed by atoms with Crippen molar-refractivity contribution in [1.82, 2.24) is 0 Å². The molecule has 6 heteroatoms. The Labute approximate surface area is 124 Å². The summed E-state index contributed by atoms with van der Waals surface area (Å²) in [5, 5.41) is 10.7. The minimum atomic E-state index is -0.502. The first kappa shape index (κ1) is 14.3. The zero-order chi connectivity index (χ0) is 14.7. The van der Waals surface area contributed by atoms with Crippen LogP contribution in [0.1, 0.15) is 11.1 Å². The van der Waals surface area contributed by atoms with E-state index in [9.17, 15) is 10.1 Å². The van der Waals surface area contributed by atoms with E-state index in [4.69, 9.17) is 10.5 Å². The van der Waals surface area contributed by atoms with E-state index in [2.05, 4.69) is 15.9 Å². The van der Waals surface area contributed by atoms with Gasteiger partial charge in [-0.15, -0.1) is 0 Å². The van der Waals surface area contributed by atoms with Crippen molar-refractivity contribution in [2.24, 2.45) is 0 Å². The number of ether oxygens (including phenoxy) is 1. The van der Waals surface area contributed by atoms with E-state index in [1.807, 2.05) is 25.1 Å². The molecule has 20 heavy (non-hydrogen) atoms. The molecule has 0 amide bonds. The number of nitrogens with two attached hydrogens (primary N) is 1. The standard InChI is InChI=1S/C14H13BrN2O3/c1-9-6-11(3-4-12(9)15)20-8-10-2-5-14(17(18)19)13(16)7-10/h2-7H,8,16H2,1H3. The topological polar surface area (TPSA) is 78.4 Å². The van der Waals surface area contributed by atoms with Crippen molar-refractivity contribution in [3.63, 3.8) is 0 Å². The average Bonchev–Trinajstić information content (AvgIpc) is 2.40. The van der Waals surface area contributed by atoms with E-state index >= 15 is 0 Å². The molecule has 0 fully saturated rings. The molecule has 2 aromatic rings. The maximum absolute atomic E-state index is 10.7. The van der Waals surface area contributed by atoms with E-state index in [1.54, 1.807) is 12.1 Å². The van der Waals surface area contributed by atoms with E-state index in [1.165, 1.54) is 6.07 Å². The highest BCUT2D eigenvalue weighted by Gasteiger charge is 2.11. The number of aryl methyl sites for hydroxylation is 1. The number of benzene rings is 2. The number of hydrogen-bond acceptors (Lipinski definition) is 4. The van der Waals surface area contributed by atoms with Crippen LogP contribution in [0.15, 0.2) is 40.9 Å². The number of rotatable bonds is 4. The second-order valence-electron chi connectivity index (χ2n) is 4.35. The Morgan fingerprint density at radius 2 is 2.05 bits per heavy atom. The minimum Gasteiger partial charge on any atom is -0.489 e. The molecular weight excluding hydrogens is 324 g/mol. The van der Waals surface area contributed by atoms with Crippen molar-refractivity contribution in [2.45, 2.75) is 13.5 Å². The lowest BCUT2D eigenvalue weighted by Gasteiger charge is -2.08. The summed E-state index contributed by atoms with van der Waals surface area (Å²) in [7, 11) is 0. The molecule has 0 radical (unpaired) electrons. The fraction of sp³-hybridized carbons (Fsp3) is 0.143. The van der Waals surface area contributed by atoms with Crippen LogP contribution in [0.5, 0.6) is 5.75 Å². The number of hydrogen-bond donors (Lipinski definition) is 1. The maximum atomic E-state index is 10.7. The summed E-state index contributed by atoms with van der Waals surface area (Å²) in [5.41, 5.74) is 7.54.